The maximum atomic E-state index is 8.76. The zero-order valence-electron chi connectivity index (χ0n) is 10.1. The molecule has 3 nitrogen and oxygen atoms in total. The minimum Gasteiger partial charge on any atom is -0.376 e. The first-order valence-corrected chi connectivity index (χ1v) is 6.01. The lowest BCUT2D eigenvalue weighted by Gasteiger charge is -2.06. The van der Waals surface area contributed by atoms with Crippen LogP contribution in [0.2, 0.25) is 0 Å². The van der Waals surface area contributed by atoms with Crippen molar-refractivity contribution in [1.29, 1.82) is 10.5 Å². The average molecular weight is 238 g/mol. The van der Waals surface area contributed by atoms with Crippen molar-refractivity contribution >= 4 is 6.08 Å². The van der Waals surface area contributed by atoms with Crippen LogP contribution < -0.4 is 0 Å². The van der Waals surface area contributed by atoms with Crippen molar-refractivity contribution in [2.45, 2.75) is 19.4 Å². The first kappa shape index (κ1) is 12.4. The lowest BCUT2D eigenvalue weighted by Crippen LogP contribution is -1.98. The Hall–Kier alpha value is -2.10. The van der Waals surface area contributed by atoms with E-state index in [4.69, 9.17) is 15.3 Å². The molecule has 1 aromatic carbocycles. The number of hydrogen-bond donors (Lipinski definition) is 0. The summed E-state index contributed by atoms with van der Waals surface area (Å²) in [5.41, 5.74) is 2.01. The molecule has 0 saturated heterocycles. The van der Waals surface area contributed by atoms with Crippen LogP contribution in [0.15, 0.2) is 29.8 Å². The Morgan fingerprint density at radius 2 is 2.00 bits per heavy atom. The first-order valence-electron chi connectivity index (χ1n) is 6.01. The Morgan fingerprint density at radius 3 is 2.67 bits per heavy atom. The Bertz CT molecular complexity index is 514. The molecule has 18 heavy (non-hydrogen) atoms. The summed E-state index contributed by atoms with van der Waals surface area (Å²) in [6, 6.07) is 11.4. The van der Waals surface area contributed by atoms with Gasteiger partial charge in [-0.1, -0.05) is 24.3 Å². The van der Waals surface area contributed by atoms with Crippen LogP contribution in [0, 0.1) is 28.6 Å². The van der Waals surface area contributed by atoms with E-state index in [-0.39, 0.29) is 5.57 Å². The molecule has 90 valence electrons. The van der Waals surface area contributed by atoms with E-state index >= 15 is 0 Å². The molecule has 2 rings (SSSR count). The van der Waals surface area contributed by atoms with E-state index in [9.17, 15) is 0 Å². The van der Waals surface area contributed by atoms with Crippen LogP contribution in [0.1, 0.15) is 24.0 Å². The normalized spacial score (nSPS) is 13.4. The van der Waals surface area contributed by atoms with Crippen molar-refractivity contribution < 1.29 is 4.74 Å². The third-order valence-corrected chi connectivity index (χ3v) is 2.90. The van der Waals surface area contributed by atoms with E-state index in [1.54, 1.807) is 6.08 Å². The highest BCUT2D eigenvalue weighted by atomic mass is 16.5. The molecule has 0 atom stereocenters. The topological polar surface area (TPSA) is 56.8 Å². The maximum absolute atomic E-state index is 8.76. The molecular formula is C15H14N2O. The van der Waals surface area contributed by atoms with Crippen molar-refractivity contribution in [1.82, 2.24) is 0 Å². The Morgan fingerprint density at radius 1 is 1.28 bits per heavy atom. The van der Waals surface area contributed by atoms with Crippen LogP contribution in [0.4, 0.5) is 0 Å². The molecule has 0 amide bonds. The summed E-state index contributed by atoms with van der Waals surface area (Å²) in [6.45, 7) is 1.34. The van der Waals surface area contributed by atoms with Crippen molar-refractivity contribution in [2.24, 2.45) is 5.92 Å². The van der Waals surface area contributed by atoms with Gasteiger partial charge in [-0.25, -0.2) is 0 Å². The zero-order valence-corrected chi connectivity index (χ0v) is 10.1. The second kappa shape index (κ2) is 6.00. The summed E-state index contributed by atoms with van der Waals surface area (Å²) in [5, 5.41) is 17.5. The summed E-state index contributed by atoms with van der Waals surface area (Å²) in [4.78, 5) is 0. The first-order chi connectivity index (χ1) is 8.83. The largest absolute Gasteiger partial charge is 0.376 e. The molecule has 1 aliphatic carbocycles. The Balaban J connectivity index is 2.07. The van der Waals surface area contributed by atoms with Gasteiger partial charge in [-0.3, -0.25) is 0 Å². The van der Waals surface area contributed by atoms with E-state index in [0.717, 1.165) is 23.7 Å². The predicted octanol–water partition coefficient (Wildman–Crippen LogP) is 3.04. The van der Waals surface area contributed by atoms with Gasteiger partial charge in [0.25, 0.3) is 0 Å². The van der Waals surface area contributed by atoms with Crippen LogP contribution in [0.25, 0.3) is 6.08 Å². The fraction of sp³-hybridized carbons (Fsp3) is 0.333. The molecule has 0 bridgehead atoms. The number of nitrogens with zero attached hydrogens (tertiary/aromatic N) is 2. The van der Waals surface area contributed by atoms with E-state index in [0.29, 0.717) is 6.61 Å². The number of allylic oxidation sites excluding steroid dienone is 1. The van der Waals surface area contributed by atoms with Gasteiger partial charge < -0.3 is 4.74 Å². The van der Waals surface area contributed by atoms with Gasteiger partial charge in [0.15, 0.2) is 0 Å². The van der Waals surface area contributed by atoms with Crippen molar-refractivity contribution in [2.75, 3.05) is 6.61 Å². The summed E-state index contributed by atoms with van der Waals surface area (Å²) in [5.74, 6) is 0.737. The van der Waals surface area contributed by atoms with E-state index < -0.39 is 0 Å². The average Bonchev–Trinajstić information content (AvgIpc) is 3.21. The van der Waals surface area contributed by atoms with Crippen LogP contribution in [0.5, 0.6) is 0 Å². The van der Waals surface area contributed by atoms with Gasteiger partial charge in [-0.15, -0.1) is 0 Å². The van der Waals surface area contributed by atoms with Gasteiger partial charge in [0.1, 0.15) is 17.7 Å². The quantitative estimate of drug-likeness (QED) is 0.741. The fourth-order valence-electron chi connectivity index (χ4n) is 1.67. The van der Waals surface area contributed by atoms with Crippen molar-refractivity contribution in [3.63, 3.8) is 0 Å². The van der Waals surface area contributed by atoms with Crippen LogP contribution in [-0.4, -0.2) is 6.61 Å². The molecule has 0 N–H and O–H groups in total. The van der Waals surface area contributed by atoms with E-state index in [1.165, 1.54) is 12.8 Å². The second-order valence-electron chi connectivity index (χ2n) is 4.44. The molecule has 0 heterocycles. The summed E-state index contributed by atoms with van der Waals surface area (Å²) >= 11 is 0. The third kappa shape index (κ3) is 3.45. The smallest absolute Gasteiger partial charge is 0.130 e. The highest BCUT2D eigenvalue weighted by Crippen LogP contribution is 2.29. The molecule has 0 aromatic heterocycles. The lowest BCUT2D eigenvalue weighted by molar-refractivity contribution is 0.111. The van der Waals surface area contributed by atoms with Crippen molar-refractivity contribution in [3.05, 3.63) is 41.0 Å². The van der Waals surface area contributed by atoms with Crippen LogP contribution in [0.3, 0.4) is 0 Å². The molecule has 0 spiro atoms. The summed E-state index contributed by atoms with van der Waals surface area (Å²) < 4.78 is 5.64. The predicted molar refractivity (Wildman–Crippen MR) is 68.0 cm³/mol. The number of ether oxygens (including phenoxy) is 1. The fourth-order valence-corrected chi connectivity index (χ4v) is 1.67. The van der Waals surface area contributed by atoms with Gasteiger partial charge in [-0.05, 0) is 36.0 Å². The number of benzene rings is 1. The van der Waals surface area contributed by atoms with Crippen LogP contribution in [-0.2, 0) is 11.3 Å². The van der Waals surface area contributed by atoms with Crippen molar-refractivity contribution in [3.8, 4) is 12.1 Å². The number of hydrogen-bond acceptors (Lipinski definition) is 3. The zero-order chi connectivity index (χ0) is 12.8. The molecule has 1 fully saturated rings. The highest BCUT2D eigenvalue weighted by molar-refractivity contribution is 5.64. The molecule has 0 aliphatic heterocycles. The van der Waals surface area contributed by atoms with Gasteiger partial charge in [0, 0.05) is 6.61 Å². The number of rotatable bonds is 5. The second-order valence-corrected chi connectivity index (χ2v) is 4.44. The maximum Gasteiger partial charge on any atom is 0.130 e. The third-order valence-electron chi connectivity index (χ3n) is 2.90. The SMILES string of the molecule is N#CC(C#N)=Cc1ccccc1COCC1CC1. The molecule has 3 heteroatoms. The van der Waals surface area contributed by atoms with Crippen LogP contribution >= 0.6 is 0 Å². The van der Waals surface area contributed by atoms with Gasteiger partial charge >= 0.3 is 0 Å². The van der Waals surface area contributed by atoms with Gasteiger partial charge in [0.05, 0.1) is 6.61 Å². The summed E-state index contributed by atoms with van der Waals surface area (Å²) in [7, 11) is 0. The highest BCUT2D eigenvalue weighted by Gasteiger charge is 2.21. The number of nitriles is 2. The van der Waals surface area contributed by atoms with E-state index in [2.05, 4.69) is 0 Å². The van der Waals surface area contributed by atoms with Gasteiger partial charge in [-0.2, -0.15) is 10.5 Å². The lowest BCUT2D eigenvalue weighted by atomic mass is 10.1. The molecule has 1 aromatic rings. The van der Waals surface area contributed by atoms with Gasteiger partial charge in [0.2, 0.25) is 0 Å². The Labute approximate surface area is 107 Å². The minimum absolute atomic E-state index is 0.115. The Kier molecular flexibility index (Phi) is 4.12. The minimum atomic E-state index is 0.115. The summed E-state index contributed by atoms with van der Waals surface area (Å²) in [6.07, 6.45) is 4.15. The monoisotopic (exact) mass is 238 g/mol. The molecule has 1 saturated carbocycles. The molecular weight excluding hydrogens is 224 g/mol. The molecule has 0 unspecified atom stereocenters. The van der Waals surface area contributed by atoms with E-state index in [1.807, 2.05) is 36.4 Å². The molecule has 1 aliphatic rings. The molecule has 0 radical (unpaired) electrons. The standard InChI is InChI=1S/C15H14N2O/c16-8-13(9-17)7-14-3-1-2-4-15(14)11-18-10-12-5-6-12/h1-4,7,12H,5-6,10-11H2.